The van der Waals surface area contributed by atoms with Gasteiger partial charge >= 0.3 is 11.9 Å². The van der Waals surface area contributed by atoms with Crippen LogP contribution in [0.5, 0.6) is 0 Å². The van der Waals surface area contributed by atoms with Crippen LogP contribution in [-0.4, -0.2) is 28.1 Å². The molecule has 70 valence electrons. The first-order valence-electron chi connectivity index (χ1n) is 3.49. The van der Waals surface area contributed by atoms with E-state index >= 15 is 0 Å². The lowest BCUT2D eigenvalue weighted by molar-refractivity contribution is -0.152. The van der Waals surface area contributed by atoms with Crippen molar-refractivity contribution in [3.8, 4) is 0 Å². The Morgan fingerprint density at radius 3 is 3.00 bits per heavy atom. The number of esters is 1. The van der Waals surface area contributed by atoms with Gasteiger partial charge in [0.2, 0.25) is 0 Å². The SMILES string of the molecule is CCOC(=O)C(=O)Nc1cnns1. The van der Waals surface area contributed by atoms with E-state index in [9.17, 15) is 9.59 Å². The third kappa shape index (κ3) is 2.79. The van der Waals surface area contributed by atoms with Gasteiger partial charge in [0.05, 0.1) is 12.8 Å². The molecule has 0 unspecified atom stereocenters. The van der Waals surface area contributed by atoms with Gasteiger partial charge in [0.15, 0.2) is 0 Å². The molecule has 1 heterocycles. The summed E-state index contributed by atoms with van der Waals surface area (Å²) < 4.78 is 7.97. The molecule has 0 saturated carbocycles. The van der Waals surface area contributed by atoms with E-state index in [4.69, 9.17) is 0 Å². The molecule has 7 heteroatoms. The highest BCUT2D eigenvalue weighted by atomic mass is 32.1. The third-order valence-electron chi connectivity index (χ3n) is 1.06. The van der Waals surface area contributed by atoms with Crippen LogP contribution in [-0.2, 0) is 14.3 Å². The van der Waals surface area contributed by atoms with Crippen LogP contribution in [0, 0.1) is 0 Å². The molecule has 1 aromatic heterocycles. The summed E-state index contributed by atoms with van der Waals surface area (Å²) in [5.74, 6) is -1.72. The standard InChI is InChI=1S/C6H7N3O3S/c1-2-12-6(11)5(10)8-4-3-7-9-13-4/h3H,2H2,1H3,(H,8,10). The van der Waals surface area contributed by atoms with Gasteiger partial charge < -0.3 is 10.1 Å². The van der Waals surface area contributed by atoms with Crippen molar-refractivity contribution in [2.75, 3.05) is 11.9 Å². The van der Waals surface area contributed by atoms with E-state index in [0.29, 0.717) is 5.00 Å². The van der Waals surface area contributed by atoms with E-state index in [0.717, 1.165) is 11.5 Å². The van der Waals surface area contributed by atoms with E-state index in [1.165, 1.54) is 6.20 Å². The smallest absolute Gasteiger partial charge is 0.397 e. The Hall–Kier alpha value is -1.50. The fraction of sp³-hybridized carbons (Fsp3) is 0.333. The van der Waals surface area contributed by atoms with Gasteiger partial charge in [-0.15, -0.1) is 5.10 Å². The lowest BCUT2D eigenvalue weighted by Crippen LogP contribution is -2.24. The second kappa shape index (κ2) is 4.51. The van der Waals surface area contributed by atoms with Crippen molar-refractivity contribution in [3.63, 3.8) is 0 Å². The molecule has 0 radical (unpaired) electrons. The number of hydrogen-bond acceptors (Lipinski definition) is 6. The predicted molar refractivity (Wildman–Crippen MR) is 45.2 cm³/mol. The number of amides is 1. The van der Waals surface area contributed by atoms with Gasteiger partial charge in [-0.05, 0) is 6.92 Å². The van der Waals surface area contributed by atoms with Crippen molar-refractivity contribution in [2.45, 2.75) is 6.92 Å². The minimum Gasteiger partial charge on any atom is -0.459 e. The zero-order valence-corrected chi connectivity index (χ0v) is 7.63. The van der Waals surface area contributed by atoms with Crippen LogP contribution in [0.4, 0.5) is 5.00 Å². The fourth-order valence-corrected chi connectivity index (χ4v) is 0.997. The molecule has 0 atom stereocenters. The summed E-state index contributed by atoms with van der Waals surface area (Å²) in [5, 5.41) is 6.18. The van der Waals surface area contributed by atoms with E-state index in [2.05, 4.69) is 19.6 Å². The van der Waals surface area contributed by atoms with E-state index in [-0.39, 0.29) is 6.61 Å². The summed E-state index contributed by atoms with van der Waals surface area (Å²) in [5.41, 5.74) is 0. The van der Waals surface area contributed by atoms with Gasteiger partial charge in [-0.1, -0.05) is 4.49 Å². The van der Waals surface area contributed by atoms with Crippen LogP contribution in [0.15, 0.2) is 6.20 Å². The molecule has 0 bridgehead atoms. The van der Waals surface area contributed by atoms with Crippen molar-refractivity contribution >= 4 is 28.4 Å². The summed E-state index contributed by atoms with van der Waals surface area (Å²) in [6.07, 6.45) is 1.35. The molecule has 6 nitrogen and oxygen atoms in total. The van der Waals surface area contributed by atoms with Gasteiger partial charge in [0, 0.05) is 11.5 Å². The number of aromatic nitrogens is 2. The van der Waals surface area contributed by atoms with Gasteiger partial charge in [0.1, 0.15) is 5.00 Å². The number of carbonyl (C=O) groups is 2. The minimum atomic E-state index is -0.907. The van der Waals surface area contributed by atoms with Crippen LogP contribution >= 0.6 is 11.5 Å². The molecule has 1 rings (SSSR count). The summed E-state index contributed by atoms with van der Waals surface area (Å²) in [6.45, 7) is 1.80. The van der Waals surface area contributed by atoms with Gasteiger partial charge in [-0.2, -0.15) is 0 Å². The van der Waals surface area contributed by atoms with Gasteiger partial charge in [-0.25, -0.2) is 4.79 Å². The number of rotatable bonds is 2. The van der Waals surface area contributed by atoms with Gasteiger partial charge in [0.25, 0.3) is 0 Å². The van der Waals surface area contributed by atoms with E-state index in [1.54, 1.807) is 6.92 Å². The van der Waals surface area contributed by atoms with Crippen molar-refractivity contribution < 1.29 is 14.3 Å². The number of ether oxygens (including phenoxy) is 1. The number of nitrogens with one attached hydrogen (secondary N) is 1. The normalized spacial score (nSPS) is 9.31. The van der Waals surface area contributed by atoms with Crippen LogP contribution in [0.2, 0.25) is 0 Å². The number of nitrogens with zero attached hydrogens (tertiary/aromatic N) is 2. The molecule has 0 spiro atoms. The maximum atomic E-state index is 11.0. The molecule has 0 saturated heterocycles. The predicted octanol–water partition coefficient (Wildman–Crippen LogP) is 0.0397. The fourth-order valence-electron chi connectivity index (χ4n) is 0.582. The Balaban J connectivity index is 2.46. The zero-order chi connectivity index (χ0) is 9.68. The monoisotopic (exact) mass is 201 g/mol. The Kier molecular flexibility index (Phi) is 3.32. The zero-order valence-electron chi connectivity index (χ0n) is 6.81. The average molecular weight is 201 g/mol. The lowest BCUT2D eigenvalue weighted by atomic mass is 10.6. The highest BCUT2D eigenvalue weighted by molar-refractivity contribution is 7.10. The molecule has 0 aliphatic heterocycles. The number of anilines is 1. The van der Waals surface area contributed by atoms with E-state index < -0.39 is 11.9 Å². The minimum absolute atomic E-state index is 0.174. The van der Waals surface area contributed by atoms with Crippen LogP contribution in [0.3, 0.4) is 0 Å². The van der Waals surface area contributed by atoms with Crippen LogP contribution in [0.25, 0.3) is 0 Å². The quantitative estimate of drug-likeness (QED) is 0.539. The maximum Gasteiger partial charge on any atom is 0.397 e. The summed E-state index contributed by atoms with van der Waals surface area (Å²) >= 11 is 0.986. The largest absolute Gasteiger partial charge is 0.459 e. The van der Waals surface area contributed by atoms with Crippen LogP contribution in [0.1, 0.15) is 6.92 Å². The van der Waals surface area contributed by atoms with Crippen molar-refractivity contribution in [1.82, 2.24) is 9.59 Å². The Morgan fingerprint density at radius 1 is 1.69 bits per heavy atom. The summed E-state index contributed by atoms with van der Waals surface area (Å²) in [7, 11) is 0. The van der Waals surface area contributed by atoms with Crippen LogP contribution < -0.4 is 5.32 Å². The first-order valence-corrected chi connectivity index (χ1v) is 4.27. The third-order valence-corrected chi connectivity index (χ3v) is 1.64. The molecular formula is C6H7N3O3S. The summed E-state index contributed by atoms with van der Waals surface area (Å²) in [4.78, 5) is 21.8. The topological polar surface area (TPSA) is 81.2 Å². The van der Waals surface area contributed by atoms with E-state index in [1.807, 2.05) is 0 Å². The Morgan fingerprint density at radius 2 is 2.46 bits per heavy atom. The second-order valence-electron chi connectivity index (χ2n) is 1.96. The molecular weight excluding hydrogens is 194 g/mol. The molecule has 0 aliphatic carbocycles. The molecule has 0 fully saturated rings. The van der Waals surface area contributed by atoms with Crippen molar-refractivity contribution in [2.24, 2.45) is 0 Å². The number of hydrogen-bond donors (Lipinski definition) is 1. The molecule has 1 N–H and O–H groups in total. The lowest BCUT2D eigenvalue weighted by Gasteiger charge is -1.99. The summed E-state index contributed by atoms with van der Waals surface area (Å²) in [6, 6.07) is 0. The highest BCUT2D eigenvalue weighted by Crippen LogP contribution is 2.08. The molecule has 1 amide bonds. The highest BCUT2D eigenvalue weighted by Gasteiger charge is 2.15. The van der Waals surface area contributed by atoms with Crippen molar-refractivity contribution in [1.29, 1.82) is 0 Å². The Bertz CT molecular complexity index is 298. The number of carbonyl (C=O) groups excluding carboxylic acids is 2. The average Bonchev–Trinajstić information content (AvgIpc) is 2.57. The molecule has 0 aliphatic rings. The molecule has 0 aromatic carbocycles. The van der Waals surface area contributed by atoms with Crippen molar-refractivity contribution in [3.05, 3.63) is 6.20 Å². The Labute approximate surface area is 78.1 Å². The van der Waals surface area contributed by atoms with Gasteiger partial charge in [-0.3, -0.25) is 4.79 Å². The first kappa shape index (κ1) is 9.59. The molecule has 13 heavy (non-hydrogen) atoms. The molecule has 1 aromatic rings. The first-order chi connectivity index (χ1) is 6.24. The second-order valence-corrected chi connectivity index (χ2v) is 2.74. The maximum absolute atomic E-state index is 11.0.